The normalized spacial score (nSPS) is 17.2. The van der Waals surface area contributed by atoms with Gasteiger partial charge in [-0.15, -0.1) is 11.3 Å². The molecule has 1 atom stereocenters. The Morgan fingerprint density at radius 3 is 2.70 bits per heavy atom. The Balaban J connectivity index is 1.79. The smallest absolute Gasteiger partial charge is 0.262 e. The second-order valence-corrected chi connectivity index (χ2v) is 8.10. The van der Waals surface area contributed by atoms with Gasteiger partial charge in [-0.05, 0) is 31.2 Å². The minimum atomic E-state index is -0.233. The Labute approximate surface area is 143 Å². The number of fused-ring (bicyclic) bond motifs is 1. The molecule has 0 aliphatic carbocycles. The Bertz CT molecular complexity index is 760. The van der Waals surface area contributed by atoms with Crippen LogP contribution in [0.3, 0.4) is 0 Å². The van der Waals surface area contributed by atoms with E-state index in [4.69, 9.17) is 0 Å². The van der Waals surface area contributed by atoms with Gasteiger partial charge in [-0.1, -0.05) is 24.6 Å². The van der Waals surface area contributed by atoms with E-state index >= 15 is 0 Å². The number of thioether (sulfide) groups is 1. The maximum Gasteiger partial charge on any atom is 0.262 e. The minimum Gasteiger partial charge on any atom is -0.342 e. The van der Waals surface area contributed by atoms with Crippen LogP contribution < -0.4 is 5.56 Å². The number of likely N-dealkylation sites (tertiary alicyclic amines) is 1. The summed E-state index contributed by atoms with van der Waals surface area (Å²) in [5, 5.41) is 2.90. The van der Waals surface area contributed by atoms with E-state index in [0.29, 0.717) is 10.5 Å². The van der Waals surface area contributed by atoms with Crippen molar-refractivity contribution in [1.29, 1.82) is 0 Å². The molecule has 5 nitrogen and oxygen atoms in total. The van der Waals surface area contributed by atoms with Crippen LogP contribution in [0.5, 0.6) is 0 Å². The monoisotopic (exact) mass is 351 g/mol. The summed E-state index contributed by atoms with van der Waals surface area (Å²) in [7, 11) is 1.72. The highest BCUT2D eigenvalue weighted by Crippen LogP contribution is 2.25. The molecule has 1 fully saturated rings. The van der Waals surface area contributed by atoms with Crippen molar-refractivity contribution in [2.24, 2.45) is 7.05 Å². The number of nitrogens with zero attached hydrogens (tertiary/aromatic N) is 3. The quantitative estimate of drug-likeness (QED) is 0.630. The van der Waals surface area contributed by atoms with Crippen molar-refractivity contribution in [2.45, 2.75) is 43.0 Å². The second kappa shape index (κ2) is 7.05. The lowest BCUT2D eigenvalue weighted by atomic mass is 10.2. The maximum absolute atomic E-state index is 12.7. The van der Waals surface area contributed by atoms with Crippen LogP contribution in [0.2, 0.25) is 0 Å². The highest BCUT2D eigenvalue weighted by Gasteiger charge is 2.24. The molecule has 1 unspecified atom stereocenters. The van der Waals surface area contributed by atoms with E-state index in [0.717, 1.165) is 30.8 Å². The summed E-state index contributed by atoms with van der Waals surface area (Å²) in [4.78, 5) is 32.2. The molecule has 3 heterocycles. The van der Waals surface area contributed by atoms with E-state index in [1.54, 1.807) is 17.7 Å². The molecule has 1 aliphatic heterocycles. The fourth-order valence-electron chi connectivity index (χ4n) is 2.84. The third-order valence-electron chi connectivity index (χ3n) is 4.21. The Morgan fingerprint density at radius 1 is 1.30 bits per heavy atom. The molecule has 2 aromatic rings. The van der Waals surface area contributed by atoms with Gasteiger partial charge in [0.25, 0.3) is 5.56 Å². The molecule has 0 saturated carbocycles. The average molecular weight is 351 g/mol. The molecular formula is C16H21N3O2S2. The van der Waals surface area contributed by atoms with Crippen molar-refractivity contribution >= 4 is 39.2 Å². The van der Waals surface area contributed by atoms with Crippen LogP contribution >= 0.6 is 23.1 Å². The number of carbonyl (C=O) groups is 1. The summed E-state index contributed by atoms with van der Waals surface area (Å²) in [6, 6.07) is 1.80. The van der Waals surface area contributed by atoms with Crippen molar-refractivity contribution in [3.05, 3.63) is 21.8 Å². The van der Waals surface area contributed by atoms with Crippen molar-refractivity contribution < 1.29 is 4.79 Å². The number of amides is 1. The third kappa shape index (κ3) is 3.45. The minimum absolute atomic E-state index is 0.0480. The largest absolute Gasteiger partial charge is 0.342 e. The number of hydrogen-bond donors (Lipinski definition) is 0. The Hall–Kier alpha value is -1.34. The maximum atomic E-state index is 12.7. The van der Waals surface area contributed by atoms with E-state index < -0.39 is 0 Å². The van der Waals surface area contributed by atoms with Crippen molar-refractivity contribution in [3.8, 4) is 0 Å². The first kappa shape index (κ1) is 16.5. The number of hydrogen-bond acceptors (Lipinski definition) is 5. The standard InChI is InChI=1S/C16H21N3O2S2/c1-11(14(20)19-8-5-3-4-6-9-19)23-16-17-13-12(7-10-22-13)15(21)18(16)2/h7,10-11H,3-6,8-9H2,1-2H3. The number of aromatic nitrogens is 2. The lowest BCUT2D eigenvalue weighted by Crippen LogP contribution is -2.37. The fraction of sp³-hybridized carbons (Fsp3) is 0.562. The van der Waals surface area contributed by atoms with E-state index in [9.17, 15) is 9.59 Å². The van der Waals surface area contributed by atoms with E-state index in [-0.39, 0.29) is 16.7 Å². The molecule has 0 spiro atoms. The first-order valence-corrected chi connectivity index (χ1v) is 9.73. The highest BCUT2D eigenvalue weighted by atomic mass is 32.2. The molecule has 3 rings (SSSR count). The van der Waals surface area contributed by atoms with Crippen LogP contribution in [-0.4, -0.2) is 38.7 Å². The Kier molecular flexibility index (Phi) is 5.06. The lowest BCUT2D eigenvalue weighted by Gasteiger charge is -2.23. The highest BCUT2D eigenvalue weighted by molar-refractivity contribution is 8.00. The molecular weight excluding hydrogens is 330 g/mol. The van der Waals surface area contributed by atoms with Crippen molar-refractivity contribution in [3.63, 3.8) is 0 Å². The van der Waals surface area contributed by atoms with Gasteiger partial charge in [-0.3, -0.25) is 14.2 Å². The molecule has 0 aromatic carbocycles. The summed E-state index contributed by atoms with van der Waals surface area (Å²) in [6.45, 7) is 3.60. The van der Waals surface area contributed by atoms with Crippen molar-refractivity contribution in [2.75, 3.05) is 13.1 Å². The first-order valence-electron chi connectivity index (χ1n) is 7.97. The van der Waals surface area contributed by atoms with E-state index in [1.807, 2.05) is 17.2 Å². The summed E-state index contributed by atoms with van der Waals surface area (Å²) in [5.74, 6) is 0.150. The molecule has 7 heteroatoms. The van der Waals surface area contributed by atoms with Crippen LogP contribution in [0.15, 0.2) is 21.4 Å². The van der Waals surface area contributed by atoms with Gasteiger partial charge < -0.3 is 4.90 Å². The average Bonchev–Trinajstić information content (AvgIpc) is 2.84. The zero-order valence-corrected chi connectivity index (χ0v) is 15.1. The van der Waals surface area contributed by atoms with Crippen LogP contribution in [0.4, 0.5) is 0 Å². The SMILES string of the molecule is CC(Sc1nc2sccc2c(=O)n1C)C(=O)N1CCCCCC1. The van der Waals surface area contributed by atoms with Gasteiger partial charge in [-0.2, -0.15) is 0 Å². The molecule has 1 aliphatic rings. The molecule has 0 N–H and O–H groups in total. The predicted octanol–water partition coefficient (Wildman–Crippen LogP) is 2.88. The number of carbonyl (C=O) groups excluding carboxylic acids is 1. The van der Waals surface area contributed by atoms with Crippen LogP contribution in [-0.2, 0) is 11.8 Å². The van der Waals surface area contributed by atoms with Crippen LogP contribution in [0, 0.1) is 0 Å². The fourth-order valence-corrected chi connectivity index (χ4v) is 4.61. The van der Waals surface area contributed by atoms with Crippen molar-refractivity contribution in [1.82, 2.24) is 14.5 Å². The van der Waals surface area contributed by atoms with Gasteiger partial charge >= 0.3 is 0 Å². The summed E-state index contributed by atoms with van der Waals surface area (Å²) >= 11 is 2.84. The summed E-state index contributed by atoms with van der Waals surface area (Å²) in [5.41, 5.74) is -0.0480. The number of rotatable bonds is 3. The lowest BCUT2D eigenvalue weighted by molar-refractivity contribution is -0.130. The second-order valence-electron chi connectivity index (χ2n) is 5.90. The van der Waals surface area contributed by atoms with Crippen LogP contribution in [0.1, 0.15) is 32.6 Å². The molecule has 124 valence electrons. The van der Waals surface area contributed by atoms with Crippen LogP contribution in [0.25, 0.3) is 10.2 Å². The molecule has 2 aromatic heterocycles. The van der Waals surface area contributed by atoms with E-state index in [2.05, 4.69) is 4.98 Å². The zero-order valence-electron chi connectivity index (χ0n) is 13.4. The topological polar surface area (TPSA) is 55.2 Å². The molecule has 0 radical (unpaired) electrons. The van der Waals surface area contributed by atoms with Gasteiger partial charge in [0.1, 0.15) is 4.83 Å². The Morgan fingerprint density at radius 2 is 2.00 bits per heavy atom. The van der Waals surface area contributed by atoms with Gasteiger partial charge in [0, 0.05) is 20.1 Å². The predicted molar refractivity (Wildman–Crippen MR) is 95.2 cm³/mol. The van der Waals surface area contributed by atoms with Gasteiger partial charge in [0.2, 0.25) is 5.91 Å². The van der Waals surface area contributed by atoms with Gasteiger partial charge in [0.15, 0.2) is 5.16 Å². The third-order valence-corrected chi connectivity index (χ3v) is 6.15. The molecule has 1 saturated heterocycles. The van der Waals surface area contributed by atoms with E-state index in [1.165, 1.54) is 35.9 Å². The molecule has 23 heavy (non-hydrogen) atoms. The molecule has 1 amide bonds. The zero-order chi connectivity index (χ0) is 16.4. The summed E-state index contributed by atoms with van der Waals surface area (Å²) < 4.78 is 1.55. The van der Waals surface area contributed by atoms with Gasteiger partial charge in [0.05, 0.1) is 10.6 Å². The van der Waals surface area contributed by atoms with Gasteiger partial charge in [-0.25, -0.2) is 4.98 Å². The molecule has 0 bridgehead atoms. The first-order chi connectivity index (χ1) is 11.1. The summed E-state index contributed by atoms with van der Waals surface area (Å²) in [6.07, 6.45) is 4.58. The number of thiophene rings is 1.